The highest BCUT2D eigenvalue weighted by atomic mass is 35.5. The molecule has 4 rings (SSSR count). The second kappa shape index (κ2) is 14.3. The van der Waals surface area contributed by atoms with Crippen molar-refractivity contribution in [3.05, 3.63) is 130 Å². The molecule has 0 unspecified atom stereocenters. The van der Waals surface area contributed by atoms with Crippen molar-refractivity contribution in [3.63, 3.8) is 0 Å². The first-order valence-corrected chi connectivity index (χ1v) is 16.6. The zero-order chi connectivity index (χ0) is 32.8. The van der Waals surface area contributed by atoms with E-state index in [0.29, 0.717) is 16.3 Å². The second-order valence-corrected chi connectivity index (χ2v) is 14.4. The molecule has 0 aromatic heterocycles. The first-order valence-electron chi connectivity index (χ1n) is 14.8. The molecule has 0 heterocycles. The Bertz CT molecular complexity index is 1740. The number of anilines is 1. The lowest BCUT2D eigenvalue weighted by molar-refractivity contribution is -0.140. The second-order valence-electron chi connectivity index (χ2n) is 12.2. The van der Waals surface area contributed by atoms with E-state index in [1.54, 1.807) is 48.5 Å². The first-order chi connectivity index (χ1) is 21.3. The third kappa shape index (κ3) is 8.74. The van der Waals surface area contributed by atoms with Crippen molar-refractivity contribution in [2.45, 2.75) is 64.1 Å². The standard InChI is InChI=1S/C36H40ClN3O4S/c1-26-20-21-30(22-27(26)2)40(45(43,44)31-17-10-7-11-18-31)25-34(41)39(24-29-16-12-13-19-32(29)37)33(35(42)38-36(3,4)5)23-28-14-8-6-9-15-28/h6-22,33H,23-25H2,1-5H3,(H,38,42)/t33-/m0/s1. The molecule has 0 spiro atoms. The summed E-state index contributed by atoms with van der Waals surface area (Å²) in [7, 11) is -4.17. The molecule has 0 radical (unpaired) electrons. The van der Waals surface area contributed by atoms with Crippen LogP contribution in [0.2, 0.25) is 5.02 Å². The number of hydrogen-bond acceptors (Lipinski definition) is 4. The molecule has 1 atom stereocenters. The number of halogens is 1. The summed E-state index contributed by atoms with van der Waals surface area (Å²) >= 11 is 6.57. The van der Waals surface area contributed by atoms with Crippen LogP contribution in [-0.2, 0) is 32.6 Å². The molecule has 0 aliphatic carbocycles. The average Bonchev–Trinajstić information content (AvgIpc) is 3.00. The zero-order valence-electron chi connectivity index (χ0n) is 26.3. The van der Waals surface area contributed by atoms with E-state index in [2.05, 4.69) is 5.32 Å². The van der Waals surface area contributed by atoms with Crippen LogP contribution in [0.3, 0.4) is 0 Å². The van der Waals surface area contributed by atoms with Gasteiger partial charge >= 0.3 is 0 Å². The van der Waals surface area contributed by atoms with E-state index >= 15 is 0 Å². The normalized spacial score (nSPS) is 12.3. The molecule has 9 heteroatoms. The first kappa shape index (κ1) is 33.7. The molecule has 0 saturated carbocycles. The van der Waals surface area contributed by atoms with Crippen LogP contribution in [0.25, 0.3) is 0 Å². The van der Waals surface area contributed by atoms with Gasteiger partial charge < -0.3 is 10.2 Å². The number of carbonyl (C=O) groups is 2. The minimum atomic E-state index is -4.17. The number of carbonyl (C=O) groups excluding carboxylic acids is 2. The number of aryl methyl sites for hydroxylation is 2. The minimum absolute atomic E-state index is 0.000278. The predicted molar refractivity (Wildman–Crippen MR) is 181 cm³/mol. The average molecular weight is 646 g/mol. The van der Waals surface area contributed by atoms with Gasteiger partial charge in [0.05, 0.1) is 10.6 Å². The maximum Gasteiger partial charge on any atom is 0.264 e. The van der Waals surface area contributed by atoms with Crippen LogP contribution in [0.15, 0.2) is 108 Å². The topological polar surface area (TPSA) is 86.8 Å². The maximum absolute atomic E-state index is 14.6. The molecule has 4 aromatic carbocycles. The fourth-order valence-electron chi connectivity index (χ4n) is 4.95. The van der Waals surface area contributed by atoms with Gasteiger partial charge in [-0.15, -0.1) is 0 Å². The van der Waals surface area contributed by atoms with Crippen molar-refractivity contribution >= 4 is 39.1 Å². The van der Waals surface area contributed by atoms with Crippen LogP contribution in [0.4, 0.5) is 5.69 Å². The molecule has 236 valence electrons. The SMILES string of the molecule is Cc1ccc(N(CC(=O)N(Cc2ccccc2Cl)[C@@H](Cc2ccccc2)C(=O)NC(C)(C)C)S(=O)(=O)c2ccccc2)cc1C. The molecule has 4 aromatic rings. The van der Waals surface area contributed by atoms with Crippen LogP contribution in [-0.4, -0.2) is 43.3 Å². The molecular formula is C36H40ClN3O4S. The molecule has 0 bridgehead atoms. The summed E-state index contributed by atoms with van der Waals surface area (Å²) in [6, 6.07) is 28.9. The lowest BCUT2D eigenvalue weighted by atomic mass is 10.0. The molecule has 7 nitrogen and oxygen atoms in total. The van der Waals surface area contributed by atoms with Crippen molar-refractivity contribution in [1.82, 2.24) is 10.2 Å². The number of nitrogens with one attached hydrogen (secondary N) is 1. The van der Waals surface area contributed by atoms with E-state index in [1.165, 1.54) is 17.0 Å². The zero-order valence-corrected chi connectivity index (χ0v) is 27.9. The number of nitrogens with zero attached hydrogens (tertiary/aromatic N) is 2. The molecule has 0 aliphatic rings. The van der Waals surface area contributed by atoms with Gasteiger partial charge in [0.1, 0.15) is 12.6 Å². The summed E-state index contributed by atoms with van der Waals surface area (Å²) in [5, 5.41) is 3.47. The van der Waals surface area contributed by atoms with Gasteiger partial charge in [0.15, 0.2) is 0 Å². The Labute approximate surface area is 271 Å². The van der Waals surface area contributed by atoms with Crippen LogP contribution in [0.5, 0.6) is 0 Å². The quantitative estimate of drug-likeness (QED) is 0.197. The van der Waals surface area contributed by atoms with Gasteiger partial charge in [0.2, 0.25) is 11.8 Å². The third-order valence-electron chi connectivity index (χ3n) is 7.46. The highest BCUT2D eigenvalue weighted by Crippen LogP contribution is 2.27. The molecule has 0 aliphatic heterocycles. The third-order valence-corrected chi connectivity index (χ3v) is 9.61. The van der Waals surface area contributed by atoms with Gasteiger partial charge in [0, 0.05) is 23.5 Å². The summed E-state index contributed by atoms with van der Waals surface area (Å²) in [5.41, 5.74) is 3.14. The van der Waals surface area contributed by atoms with E-state index in [0.717, 1.165) is 21.0 Å². The fourth-order valence-corrected chi connectivity index (χ4v) is 6.57. The molecular weight excluding hydrogens is 606 g/mol. The highest BCUT2D eigenvalue weighted by molar-refractivity contribution is 7.92. The van der Waals surface area contributed by atoms with Crippen LogP contribution in [0.1, 0.15) is 43.0 Å². The molecule has 0 fully saturated rings. The van der Waals surface area contributed by atoms with Crippen LogP contribution in [0, 0.1) is 13.8 Å². The van der Waals surface area contributed by atoms with Gasteiger partial charge in [-0.1, -0.05) is 84.4 Å². The lowest BCUT2D eigenvalue weighted by Crippen LogP contribution is -2.56. The van der Waals surface area contributed by atoms with Gasteiger partial charge in [-0.2, -0.15) is 0 Å². The van der Waals surface area contributed by atoms with Gasteiger partial charge in [-0.05, 0) is 87.2 Å². The van der Waals surface area contributed by atoms with Crippen LogP contribution < -0.4 is 9.62 Å². The smallest absolute Gasteiger partial charge is 0.264 e. The number of rotatable bonds is 11. The van der Waals surface area contributed by atoms with Gasteiger partial charge in [0.25, 0.3) is 10.0 Å². The van der Waals surface area contributed by atoms with E-state index < -0.39 is 34.1 Å². The summed E-state index contributed by atoms with van der Waals surface area (Å²) in [4.78, 5) is 30.0. The fraction of sp³-hybridized carbons (Fsp3) is 0.278. The largest absolute Gasteiger partial charge is 0.350 e. The Morgan fingerprint density at radius 3 is 2.02 bits per heavy atom. The highest BCUT2D eigenvalue weighted by Gasteiger charge is 2.36. The molecule has 1 N–H and O–H groups in total. The van der Waals surface area contributed by atoms with E-state index in [4.69, 9.17) is 11.6 Å². The summed E-state index contributed by atoms with van der Waals surface area (Å²) in [6.45, 7) is 8.92. The summed E-state index contributed by atoms with van der Waals surface area (Å²) in [5.74, 6) is -0.895. The number of benzene rings is 4. The number of sulfonamides is 1. The molecule has 2 amide bonds. The van der Waals surface area contributed by atoms with Crippen molar-refractivity contribution in [3.8, 4) is 0 Å². The number of amides is 2. The summed E-state index contributed by atoms with van der Waals surface area (Å²) in [6.07, 6.45) is 0.216. The Kier molecular flexibility index (Phi) is 10.7. The Balaban J connectivity index is 1.84. The molecule has 0 saturated heterocycles. The van der Waals surface area contributed by atoms with E-state index in [-0.39, 0.29) is 23.8 Å². The van der Waals surface area contributed by atoms with Crippen molar-refractivity contribution in [2.75, 3.05) is 10.8 Å². The predicted octanol–water partition coefficient (Wildman–Crippen LogP) is 6.71. The van der Waals surface area contributed by atoms with Gasteiger partial charge in [-0.3, -0.25) is 13.9 Å². The van der Waals surface area contributed by atoms with Crippen molar-refractivity contribution in [2.24, 2.45) is 0 Å². The van der Waals surface area contributed by atoms with E-state index in [9.17, 15) is 18.0 Å². The maximum atomic E-state index is 14.6. The van der Waals surface area contributed by atoms with Crippen molar-refractivity contribution in [1.29, 1.82) is 0 Å². The molecule has 45 heavy (non-hydrogen) atoms. The number of hydrogen-bond donors (Lipinski definition) is 1. The van der Waals surface area contributed by atoms with Gasteiger partial charge in [-0.25, -0.2) is 8.42 Å². The van der Waals surface area contributed by atoms with Crippen molar-refractivity contribution < 1.29 is 18.0 Å². The lowest BCUT2D eigenvalue weighted by Gasteiger charge is -2.35. The minimum Gasteiger partial charge on any atom is -0.350 e. The van der Waals surface area contributed by atoms with Crippen LogP contribution >= 0.6 is 11.6 Å². The Morgan fingerprint density at radius 1 is 0.822 bits per heavy atom. The monoisotopic (exact) mass is 645 g/mol. The Morgan fingerprint density at radius 2 is 1.42 bits per heavy atom. The van der Waals surface area contributed by atoms with E-state index in [1.807, 2.05) is 77.1 Å². The summed E-state index contributed by atoms with van der Waals surface area (Å²) < 4.78 is 29.4. The Hall–Kier alpha value is -4.14.